The van der Waals surface area contributed by atoms with Gasteiger partial charge in [-0.25, -0.2) is 0 Å². The van der Waals surface area contributed by atoms with E-state index < -0.39 is 9.85 Å². The van der Waals surface area contributed by atoms with E-state index in [4.69, 9.17) is 18.9 Å². The number of hydrogen-bond acceptors (Lipinski definition) is 10. The summed E-state index contributed by atoms with van der Waals surface area (Å²) in [5, 5.41) is 21.8. The number of hydrogen-bond donors (Lipinski definition) is 0. The van der Waals surface area contributed by atoms with Crippen molar-refractivity contribution in [1.82, 2.24) is 0 Å². The van der Waals surface area contributed by atoms with Gasteiger partial charge in [-0.2, -0.15) is 0 Å². The third kappa shape index (κ3) is 7.68. The van der Waals surface area contributed by atoms with Gasteiger partial charge in [-0.3, -0.25) is 20.2 Å². The Bertz CT molecular complexity index is 913. The standard InChI is InChI=1S/2C11H14N2O4.C2H6/c2*1-16-11-3-2-9(8-10(11)13(14)15)12-4-6-17-7-5-12;1-2/h2*2-3,8H,4-7H2,1H3;1-2H3. The van der Waals surface area contributed by atoms with Crippen LogP contribution in [-0.2, 0) is 9.47 Å². The molecule has 2 fully saturated rings. The molecule has 0 spiro atoms. The number of nitro benzene ring substituents is 2. The van der Waals surface area contributed by atoms with E-state index in [1.165, 1.54) is 14.2 Å². The lowest BCUT2D eigenvalue weighted by Gasteiger charge is -2.28. The molecule has 36 heavy (non-hydrogen) atoms. The molecule has 2 aliphatic heterocycles. The average molecular weight is 507 g/mol. The number of rotatable bonds is 6. The Labute approximate surface area is 210 Å². The first kappa shape index (κ1) is 28.6. The quantitative estimate of drug-likeness (QED) is 0.420. The second-order valence-electron chi connectivity index (χ2n) is 7.43. The zero-order valence-electron chi connectivity index (χ0n) is 21.2. The van der Waals surface area contributed by atoms with Crippen LogP contribution in [0.15, 0.2) is 36.4 Å². The molecule has 12 heteroatoms. The van der Waals surface area contributed by atoms with Gasteiger partial charge < -0.3 is 28.7 Å². The van der Waals surface area contributed by atoms with Crippen LogP contribution in [0, 0.1) is 20.2 Å². The SMILES string of the molecule is CC.COc1ccc(N2CCOCC2)cc1[N+](=O)[O-].COc1ccc(N2CCOCC2)cc1[N+](=O)[O-]. The van der Waals surface area contributed by atoms with E-state index in [9.17, 15) is 20.2 Å². The molecule has 0 atom stereocenters. The van der Waals surface area contributed by atoms with Crippen LogP contribution in [0.25, 0.3) is 0 Å². The maximum Gasteiger partial charge on any atom is 0.312 e. The number of morpholine rings is 2. The summed E-state index contributed by atoms with van der Waals surface area (Å²) >= 11 is 0. The molecule has 4 rings (SSSR count). The molecule has 12 nitrogen and oxygen atoms in total. The van der Waals surface area contributed by atoms with Crippen molar-refractivity contribution in [2.75, 3.05) is 76.6 Å². The Morgan fingerprint density at radius 1 is 0.694 bits per heavy atom. The number of nitrogens with zero attached hydrogens (tertiary/aromatic N) is 4. The summed E-state index contributed by atoms with van der Waals surface area (Å²) in [7, 11) is 2.85. The van der Waals surface area contributed by atoms with Gasteiger partial charge >= 0.3 is 11.4 Å². The van der Waals surface area contributed by atoms with E-state index in [2.05, 4.69) is 9.80 Å². The van der Waals surface area contributed by atoms with Gasteiger partial charge in [0.2, 0.25) is 0 Å². The first-order valence-corrected chi connectivity index (χ1v) is 11.7. The van der Waals surface area contributed by atoms with Gasteiger partial charge in [0.1, 0.15) is 0 Å². The highest BCUT2D eigenvalue weighted by atomic mass is 16.6. The molecule has 0 unspecified atom stereocenters. The van der Waals surface area contributed by atoms with Crippen molar-refractivity contribution in [2.45, 2.75) is 13.8 Å². The Kier molecular flexibility index (Phi) is 11.7. The molecule has 2 saturated heterocycles. The molecule has 198 valence electrons. The van der Waals surface area contributed by atoms with Crippen molar-refractivity contribution < 1.29 is 28.8 Å². The molecular formula is C24H34N4O8. The lowest BCUT2D eigenvalue weighted by atomic mass is 10.2. The van der Waals surface area contributed by atoms with Gasteiger partial charge in [0, 0.05) is 49.7 Å². The van der Waals surface area contributed by atoms with Gasteiger partial charge in [-0.15, -0.1) is 0 Å². The van der Waals surface area contributed by atoms with Crippen LogP contribution in [0.3, 0.4) is 0 Å². The third-order valence-corrected chi connectivity index (χ3v) is 5.47. The van der Waals surface area contributed by atoms with Crippen molar-refractivity contribution in [3.8, 4) is 11.5 Å². The first-order valence-electron chi connectivity index (χ1n) is 11.7. The van der Waals surface area contributed by atoms with Crippen LogP contribution in [0.1, 0.15) is 13.8 Å². The highest BCUT2D eigenvalue weighted by Crippen LogP contribution is 2.32. The molecule has 0 radical (unpaired) electrons. The van der Waals surface area contributed by atoms with Crippen molar-refractivity contribution in [1.29, 1.82) is 0 Å². The van der Waals surface area contributed by atoms with Crippen LogP contribution >= 0.6 is 0 Å². The Morgan fingerprint density at radius 2 is 1.03 bits per heavy atom. The number of anilines is 2. The van der Waals surface area contributed by atoms with Crippen LogP contribution in [0.5, 0.6) is 11.5 Å². The summed E-state index contributed by atoms with van der Waals surface area (Å²) < 4.78 is 20.4. The van der Waals surface area contributed by atoms with E-state index in [1.54, 1.807) is 24.3 Å². The minimum atomic E-state index is -0.428. The molecular weight excluding hydrogens is 472 g/mol. The van der Waals surface area contributed by atoms with Crippen molar-refractivity contribution in [3.63, 3.8) is 0 Å². The summed E-state index contributed by atoms with van der Waals surface area (Å²) in [5.74, 6) is 0.569. The predicted molar refractivity (Wildman–Crippen MR) is 137 cm³/mol. The summed E-state index contributed by atoms with van der Waals surface area (Å²) in [4.78, 5) is 25.1. The number of benzene rings is 2. The highest BCUT2D eigenvalue weighted by molar-refractivity contribution is 5.60. The largest absolute Gasteiger partial charge is 0.490 e. The third-order valence-electron chi connectivity index (χ3n) is 5.47. The van der Waals surface area contributed by atoms with E-state index in [1.807, 2.05) is 26.0 Å². The maximum atomic E-state index is 10.9. The van der Waals surface area contributed by atoms with E-state index >= 15 is 0 Å². The molecule has 2 aromatic rings. The van der Waals surface area contributed by atoms with Crippen molar-refractivity contribution in [2.24, 2.45) is 0 Å². The zero-order valence-corrected chi connectivity index (χ0v) is 21.2. The number of ether oxygens (including phenoxy) is 4. The average Bonchev–Trinajstić information content (AvgIpc) is 2.94. The summed E-state index contributed by atoms with van der Waals surface area (Å²) in [6.45, 7) is 9.62. The maximum absolute atomic E-state index is 10.9. The molecule has 2 heterocycles. The first-order chi connectivity index (χ1) is 17.4. The highest BCUT2D eigenvalue weighted by Gasteiger charge is 2.20. The fourth-order valence-electron chi connectivity index (χ4n) is 3.68. The fourth-order valence-corrected chi connectivity index (χ4v) is 3.68. The predicted octanol–water partition coefficient (Wildman–Crippen LogP) is 3.91. The van der Waals surface area contributed by atoms with Gasteiger partial charge in [0.05, 0.1) is 50.5 Å². The molecule has 0 saturated carbocycles. The van der Waals surface area contributed by atoms with Crippen molar-refractivity contribution >= 4 is 22.7 Å². The minimum absolute atomic E-state index is 0.00325. The van der Waals surface area contributed by atoms with Crippen LogP contribution in [-0.4, -0.2) is 76.7 Å². The second-order valence-corrected chi connectivity index (χ2v) is 7.43. The molecule has 0 amide bonds. The second kappa shape index (κ2) is 14.7. The Balaban J connectivity index is 0.000000237. The molecule has 0 bridgehead atoms. The molecule has 0 aromatic heterocycles. The number of nitro groups is 2. The van der Waals surface area contributed by atoms with Gasteiger partial charge in [-0.05, 0) is 24.3 Å². The monoisotopic (exact) mass is 506 g/mol. The Morgan fingerprint density at radius 3 is 1.31 bits per heavy atom. The topological polar surface area (TPSA) is 130 Å². The zero-order chi connectivity index (χ0) is 26.5. The fraction of sp³-hybridized carbons (Fsp3) is 0.500. The molecule has 2 aliphatic rings. The summed E-state index contributed by atoms with van der Waals surface area (Å²) in [6, 6.07) is 10.0. The van der Waals surface area contributed by atoms with Crippen LogP contribution in [0.2, 0.25) is 0 Å². The Hall–Kier alpha value is -3.64. The van der Waals surface area contributed by atoms with Crippen LogP contribution < -0.4 is 19.3 Å². The van der Waals surface area contributed by atoms with Gasteiger partial charge in [0.15, 0.2) is 11.5 Å². The molecule has 0 N–H and O–H groups in total. The molecule has 2 aromatic carbocycles. The minimum Gasteiger partial charge on any atom is -0.490 e. The summed E-state index contributed by atoms with van der Waals surface area (Å²) in [5.41, 5.74) is 1.66. The lowest BCUT2D eigenvalue weighted by Crippen LogP contribution is -2.36. The summed E-state index contributed by atoms with van der Waals surface area (Å²) in [6.07, 6.45) is 0. The normalized spacial score (nSPS) is 15.0. The van der Waals surface area contributed by atoms with E-state index in [-0.39, 0.29) is 22.9 Å². The van der Waals surface area contributed by atoms with E-state index in [0.717, 1.165) is 37.6 Å². The number of methoxy groups -OCH3 is 2. The van der Waals surface area contributed by atoms with Crippen molar-refractivity contribution in [3.05, 3.63) is 56.6 Å². The van der Waals surface area contributed by atoms with Gasteiger partial charge in [0.25, 0.3) is 0 Å². The van der Waals surface area contributed by atoms with Crippen LogP contribution in [0.4, 0.5) is 22.7 Å². The van der Waals surface area contributed by atoms with E-state index in [0.29, 0.717) is 26.4 Å². The lowest BCUT2D eigenvalue weighted by molar-refractivity contribution is -0.385. The smallest absolute Gasteiger partial charge is 0.312 e. The molecule has 0 aliphatic carbocycles. The van der Waals surface area contributed by atoms with Gasteiger partial charge in [-0.1, -0.05) is 13.8 Å².